The largest absolute Gasteiger partial charge is 0.438 e. The Labute approximate surface area is 209 Å². The maximum atomic E-state index is 12.8. The number of nitrogens with one attached hydrogen (secondary N) is 1. The molecule has 0 bridgehead atoms. The summed E-state index contributed by atoms with van der Waals surface area (Å²) in [6.45, 7) is 4.97. The minimum atomic E-state index is -4.38. The van der Waals surface area contributed by atoms with Gasteiger partial charge in [-0.1, -0.05) is 0 Å². The van der Waals surface area contributed by atoms with E-state index in [4.69, 9.17) is 4.74 Å². The zero-order valence-electron chi connectivity index (χ0n) is 19.6. The summed E-state index contributed by atoms with van der Waals surface area (Å²) in [4.78, 5) is 24.4. The van der Waals surface area contributed by atoms with Gasteiger partial charge in [-0.25, -0.2) is 13.4 Å². The molecule has 0 aliphatic rings. The van der Waals surface area contributed by atoms with E-state index in [9.17, 15) is 28.6 Å². The second-order valence-corrected chi connectivity index (χ2v) is 9.53. The van der Waals surface area contributed by atoms with E-state index in [0.29, 0.717) is 11.6 Å². The molecule has 0 saturated heterocycles. The van der Waals surface area contributed by atoms with Gasteiger partial charge in [-0.3, -0.25) is 29.5 Å². The molecule has 37 heavy (non-hydrogen) atoms. The number of ether oxygens (including phenoxy) is 1. The van der Waals surface area contributed by atoms with Gasteiger partial charge in [0.1, 0.15) is 22.5 Å². The van der Waals surface area contributed by atoms with Gasteiger partial charge in [-0.05, 0) is 51.1 Å². The number of hydrogen-bond donors (Lipinski definition) is 1. The lowest BCUT2D eigenvalue weighted by molar-refractivity contribution is -0.395. The van der Waals surface area contributed by atoms with Crippen LogP contribution < -0.4 is 9.46 Å². The first-order valence-corrected chi connectivity index (χ1v) is 12.0. The Balaban J connectivity index is 1.50. The van der Waals surface area contributed by atoms with Gasteiger partial charge in [0.15, 0.2) is 5.82 Å². The zero-order valence-corrected chi connectivity index (χ0v) is 20.5. The minimum Gasteiger partial charge on any atom is -0.438 e. The van der Waals surface area contributed by atoms with Crippen molar-refractivity contribution in [2.24, 2.45) is 0 Å². The molecule has 2 heterocycles. The maximum absolute atomic E-state index is 12.8. The molecule has 0 amide bonds. The second-order valence-electron chi connectivity index (χ2n) is 7.85. The molecule has 14 nitrogen and oxygen atoms in total. The molecule has 190 valence electrons. The van der Waals surface area contributed by atoms with Crippen LogP contribution in [0, 0.1) is 41.0 Å². The minimum absolute atomic E-state index is 0.102. The SMILES string of the molecule is Cc1ncn(-c2ccc(Oc3ccc(NS(=O)(=O)c4cc([N+](=O)[O-])c(C)c([N+](=O)[O-])c4)cc3)nn2)c1C. The van der Waals surface area contributed by atoms with E-state index in [1.165, 1.54) is 31.2 Å². The number of anilines is 1. The summed E-state index contributed by atoms with van der Waals surface area (Å²) in [7, 11) is -4.38. The quantitative estimate of drug-likeness (QED) is 0.260. The Morgan fingerprint density at radius 1 is 0.919 bits per heavy atom. The van der Waals surface area contributed by atoms with Gasteiger partial charge >= 0.3 is 0 Å². The van der Waals surface area contributed by atoms with Crippen LogP contribution >= 0.6 is 0 Å². The monoisotopic (exact) mass is 525 g/mol. The highest BCUT2D eigenvalue weighted by Gasteiger charge is 2.28. The molecule has 0 unspecified atom stereocenters. The Kier molecular flexibility index (Phi) is 6.54. The average Bonchev–Trinajstić information content (AvgIpc) is 3.18. The molecule has 15 heteroatoms. The lowest BCUT2D eigenvalue weighted by Gasteiger charge is -2.10. The molecule has 4 rings (SSSR count). The molecule has 0 saturated carbocycles. The molecule has 0 atom stereocenters. The van der Waals surface area contributed by atoms with Gasteiger partial charge in [0.05, 0.1) is 15.5 Å². The van der Waals surface area contributed by atoms with Crippen LogP contribution in [0.1, 0.15) is 17.0 Å². The number of imidazole rings is 1. The topological polar surface area (TPSA) is 185 Å². The highest BCUT2D eigenvalue weighted by Crippen LogP contribution is 2.32. The Morgan fingerprint density at radius 2 is 1.54 bits per heavy atom. The summed E-state index contributed by atoms with van der Waals surface area (Å²) in [5.74, 6) is 1.10. The van der Waals surface area contributed by atoms with Crippen LogP contribution in [-0.4, -0.2) is 38.0 Å². The van der Waals surface area contributed by atoms with E-state index in [0.717, 1.165) is 23.5 Å². The van der Waals surface area contributed by atoms with Gasteiger partial charge in [-0.2, -0.15) is 0 Å². The van der Waals surface area contributed by atoms with Crippen LogP contribution in [-0.2, 0) is 10.0 Å². The first kappa shape index (κ1) is 25.2. The van der Waals surface area contributed by atoms with Gasteiger partial charge in [0.2, 0.25) is 5.88 Å². The summed E-state index contributed by atoms with van der Waals surface area (Å²) in [6.07, 6.45) is 1.64. The van der Waals surface area contributed by atoms with Gasteiger partial charge in [-0.15, -0.1) is 10.2 Å². The molecule has 0 aliphatic heterocycles. The molecule has 2 aromatic carbocycles. The third-order valence-electron chi connectivity index (χ3n) is 5.48. The highest BCUT2D eigenvalue weighted by atomic mass is 32.2. The van der Waals surface area contributed by atoms with Crippen LogP contribution in [0.5, 0.6) is 11.6 Å². The number of aromatic nitrogens is 4. The number of nitro groups is 2. The number of hydrogen-bond acceptors (Lipinski definition) is 10. The van der Waals surface area contributed by atoms with Crippen LogP contribution in [0.2, 0.25) is 0 Å². The molecular formula is C22H19N7O7S. The van der Waals surface area contributed by atoms with E-state index < -0.39 is 36.1 Å². The second kappa shape index (κ2) is 9.62. The summed E-state index contributed by atoms with van der Waals surface area (Å²) in [5.41, 5.74) is 0.299. The van der Waals surface area contributed by atoms with Crippen molar-refractivity contribution >= 4 is 27.1 Å². The van der Waals surface area contributed by atoms with E-state index in [2.05, 4.69) is 19.9 Å². The Bertz CT molecular complexity index is 1580. The zero-order chi connectivity index (χ0) is 26.9. The molecular weight excluding hydrogens is 506 g/mol. The maximum Gasteiger partial charge on any atom is 0.280 e. The van der Waals surface area contributed by atoms with Crippen LogP contribution in [0.25, 0.3) is 5.82 Å². The standard InChI is InChI=1S/C22H19N7O7S/c1-13-19(28(30)31)10-18(11-20(13)29(32)33)37(34,35)26-16-4-6-17(7-5-16)36-22-9-8-21(24-25-22)27-12-23-14(2)15(27)3/h4-12,26H,1-3H3. The van der Waals surface area contributed by atoms with Gasteiger partial charge in [0.25, 0.3) is 21.4 Å². The van der Waals surface area contributed by atoms with Crippen molar-refractivity contribution in [3.8, 4) is 17.4 Å². The number of benzene rings is 2. The first-order chi connectivity index (χ1) is 17.5. The highest BCUT2D eigenvalue weighted by molar-refractivity contribution is 7.92. The number of sulfonamides is 1. The molecule has 0 aliphatic carbocycles. The predicted octanol–water partition coefficient (Wildman–Crippen LogP) is 4.00. The number of rotatable bonds is 8. The van der Waals surface area contributed by atoms with E-state index in [-0.39, 0.29) is 17.1 Å². The molecule has 0 spiro atoms. The lowest BCUT2D eigenvalue weighted by atomic mass is 10.1. The average molecular weight is 526 g/mol. The third kappa shape index (κ3) is 5.20. The van der Waals surface area contributed by atoms with E-state index in [1.807, 2.05) is 13.8 Å². The molecule has 0 fully saturated rings. The van der Waals surface area contributed by atoms with Crippen LogP contribution in [0.3, 0.4) is 0 Å². The summed E-state index contributed by atoms with van der Waals surface area (Å²) < 4.78 is 35.3. The van der Waals surface area contributed by atoms with Crippen LogP contribution in [0.15, 0.2) is 59.8 Å². The van der Waals surface area contributed by atoms with Crippen molar-refractivity contribution < 1.29 is 23.0 Å². The van der Waals surface area contributed by atoms with Crippen molar-refractivity contribution in [3.05, 3.63) is 92.0 Å². The molecule has 0 radical (unpaired) electrons. The first-order valence-electron chi connectivity index (χ1n) is 10.5. The fourth-order valence-corrected chi connectivity index (χ4v) is 4.44. The fraction of sp³-hybridized carbons (Fsp3) is 0.136. The van der Waals surface area contributed by atoms with Crippen molar-refractivity contribution in [2.75, 3.05) is 4.72 Å². The van der Waals surface area contributed by atoms with E-state index in [1.54, 1.807) is 23.0 Å². The Morgan fingerprint density at radius 3 is 2.03 bits per heavy atom. The summed E-state index contributed by atoms with van der Waals surface area (Å²) in [5, 5.41) is 30.7. The van der Waals surface area contributed by atoms with Gasteiger partial charge < -0.3 is 4.74 Å². The summed E-state index contributed by atoms with van der Waals surface area (Å²) >= 11 is 0. The van der Waals surface area contributed by atoms with Crippen molar-refractivity contribution in [1.29, 1.82) is 0 Å². The number of nitrogens with zero attached hydrogens (tertiary/aromatic N) is 6. The normalized spacial score (nSPS) is 11.2. The number of aryl methyl sites for hydroxylation is 1. The Hall–Kier alpha value is -4.92. The third-order valence-corrected chi connectivity index (χ3v) is 6.84. The van der Waals surface area contributed by atoms with Crippen molar-refractivity contribution in [1.82, 2.24) is 19.7 Å². The van der Waals surface area contributed by atoms with Crippen molar-refractivity contribution in [2.45, 2.75) is 25.7 Å². The van der Waals surface area contributed by atoms with Crippen LogP contribution in [0.4, 0.5) is 17.1 Å². The molecule has 4 aromatic rings. The fourth-order valence-electron chi connectivity index (χ4n) is 3.34. The van der Waals surface area contributed by atoms with E-state index >= 15 is 0 Å². The summed E-state index contributed by atoms with van der Waals surface area (Å²) in [6, 6.07) is 10.6. The molecule has 1 N–H and O–H groups in total. The predicted molar refractivity (Wildman–Crippen MR) is 130 cm³/mol. The smallest absolute Gasteiger partial charge is 0.280 e. The lowest BCUT2D eigenvalue weighted by Crippen LogP contribution is -2.14. The molecule has 2 aromatic heterocycles. The van der Waals surface area contributed by atoms with Gasteiger partial charge in [0, 0.05) is 29.6 Å². The van der Waals surface area contributed by atoms with Crippen molar-refractivity contribution in [3.63, 3.8) is 0 Å². The number of nitro benzene ring substituents is 2.